The Morgan fingerprint density at radius 2 is 1.91 bits per heavy atom. The molecule has 0 aromatic carbocycles. The van der Waals surface area contributed by atoms with E-state index in [2.05, 4.69) is 10.8 Å². The first kappa shape index (κ1) is 18.7. The van der Waals surface area contributed by atoms with Gasteiger partial charge in [0, 0.05) is 17.7 Å². The summed E-state index contributed by atoms with van der Waals surface area (Å²) >= 11 is 0. The van der Waals surface area contributed by atoms with Gasteiger partial charge in [-0.2, -0.15) is 5.48 Å². The van der Waals surface area contributed by atoms with Crippen molar-refractivity contribution in [2.24, 2.45) is 0 Å². The number of hydrogen-bond donors (Lipinski definition) is 2. The van der Waals surface area contributed by atoms with Gasteiger partial charge in [-0.15, -0.1) is 0 Å². The standard InChI is InChI=1S/C16H28N2O4/c1-11(2)18-21-9-8-20-7-6-16(19)17-14-10-15(13(14)5)22-12(3)4/h10-12,18H,6-9H2,1-5H3,(H,17,19). The number of rotatable bonds is 11. The SMILES string of the molecule is CC1=C(OC(C)C)C=C1NC(=O)CCOCCONC(C)C. The normalized spacial score (nSPS) is 14.2. The third-order valence-electron chi connectivity index (χ3n) is 2.81. The summed E-state index contributed by atoms with van der Waals surface area (Å²) in [5, 5.41) is 2.85. The van der Waals surface area contributed by atoms with E-state index in [1.54, 1.807) is 0 Å². The molecule has 126 valence electrons. The number of carbonyl (C=O) groups is 1. The molecule has 1 aliphatic rings. The van der Waals surface area contributed by atoms with Crippen molar-refractivity contribution in [2.75, 3.05) is 19.8 Å². The molecule has 1 amide bonds. The van der Waals surface area contributed by atoms with Gasteiger partial charge in [0.1, 0.15) is 5.76 Å². The fraction of sp³-hybridized carbons (Fsp3) is 0.688. The van der Waals surface area contributed by atoms with Gasteiger partial charge in [-0.1, -0.05) is 0 Å². The lowest BCUT2D eigenvalue weighted by Crippen LogP contribution is -2.29. The van der Waals surface area contributed by atoms with Gasteiger partial charge in [0.05, 0.1) is 38.0 Å². The molecule has 0 heterocycles. The molecule has 0 saturated heterocycles. The maximum absolute atomic E-state index is 11.8. The summed E-state index contributed by atoms with van der Waals surface area (Å²) in [6.07, 6.45) is 2.31. The quantitative estimate of drug-likeness (QED) is 0.451. The van der Waals surface area contributed by atoms with Crippen molar-refractivity contribution in [3.63, 3.8) is 0 Å². The monoisotopic (exact) mass is 312 g/mol. The first-order valence-electron chi connectivity index (χ1n) is 7.74. The number of amides is 1. The Labute approximate surface area is 132 Å². The minimum atomic E-state index is -0.0598. The number of ether oxygens (including phenoxy) is 2. The number of nitrogens with one attached hydrogen (secondary N) is 2. The molecule has 0 saturated carbocycles. The lowest BCUT2D eigenvalue weighted by Gasteiger charge is -2.24. The Balaban J connectivity index is 2.06. The van der Waals surface area contributed by atoms with E-state index >= 15 is 0 Å². The summed E-state index contributed by atoms with van der Waals surface area (Å²) in [6.45, 7) is 11.2. The Morgan fingerprint density at radius 3 is 2.50 bits per heavy atom. The van der Waals surface area contributed by atoms with E-state index in [-0.39, 0.29) is 18.1 Å². The summed E-state index contributed by atoms with van der Waals surface area (Å²) in [5.41, 5.74) is 4.63. The van der Waals surface area contributed by atoms with Gasteiger partial charge in [-0.25, -0.2) is 0 Å². The minimum Gasteiger partial charge on any atom is -0.491 e. The number of carbonyl (C=O) groups excluding carboxylic acids is 1. The van der Waals surface area contributed by atoms with Crippen LogP contribution in [0.4, 0.5) is 0 Å². The topological polar surface area (TPSA) is 68.8 Å². The number of allylic oxidation sites excluding steroid dienone is 2. The summed E-state index contributed by atoms with van der Waals surface area (Å²) in [4.78, 5) is 16.9. The van der Waals surface area contributed by atoms with Gasteiger partial charge in [0.2, 0.25) is 5.91 Å². The van der Waals surface area contributed by atoms with Crippen molar-refractivity contribution in [3.8, 4) is 0 Å². The fourth-order valence-electron chi connectivity index (χ4n) is 1.71. The highest BCUT2D eigenvalue weighted by molar-refractivity contribution is 5.79. The molecule has 0 aromatic heterocycles. The maximum Gasteiger partial charge on any atom is 0.226 e. The molecule has 0 atom stereocenters. The zero-order chi connectivity index (χ0) is 16.5. The van der Waals surface area contributed by atoms with Crippen LogP contribution in [0.1, 0.15) is 41.0 Å². The largest absolute Gasteiger partial charge is 0.491 e. The molecule has 2 N–H and O–H groups in total. The Bertz CT molecular complexity index is 428. The summed E-state index contributed by atoms with van der Waals surface area (Å²) < 4.78 is 10.9. The van der Waals surface area contributed by atoms with Crippen LogP contribution in [-0.2, 0) is 19.1 Å². The molecule has 0 unspecified atom stereocenters. The van der Waals surface area contributed by atoms with E-state index in [0.29, 0.717) is 26.2 Å². The van der Waals surface area contributed by atoms with Crippen LogP contribution in [0.3, 0.4) is 0 Å². The van der Waals surface area contributed by atoms with Crippen LogP contribution >= 0.6 is 0 Å². The second kappa shape index (κ2) is 9.61. The molecule has 0 spiro atoms. The van der Waals surface area contributed by atoms with E-state index in [1.807, 2.05) is 40.7 Å². The predicted octanol–water partition coefficient (Wildman–Crippen LogP) is 2.04. The molecule has 0 aromatic rings. The van der Waals surface area contributed by atoms with Crippen LogP contribution in [0.25, 0.3) is 0 Å². The van der Waals surface area contributed by atoms with Crippen LogP contribution in [0.5, 0.6) is 0 Å². The molecule has 0 bridgehead atoms. The second-order valence-electron chi connectivity index (χ2n) is 5.75. The third kappa shape index (κ3) is 7.06. The molecule has 1 rings (SSSR count). The Hall–Kier alpha value is -1.37. The van der Waals surface area contributed by atoms with E-state index in [4.69, 9.17) is 14.3 Å². The average molecular weight is 312 g/mol. The van der Waals surface area contributed by atoms with Gasteiger partial charge in [0.25, 0.3) is 0 Å². The van der Waals surface area contributed by atoms with Gasteiger partial charge < -0.3 is 14.8 Å². The Morgan fingerprint density at radius 1 is 1.18 bits per heavy atom. The molecular formula is C16H28N2O4. The van der Waals surface area contributed by atoms with Crippen molar-refractivity contribution in [1.29, 1.82) is 0 Å². The van der Waals surface area contributed by atoms with Crippen molar-refractivity contribution < 1.29 is 19.1 Å². The molecular weight excluding hydrogens is 284 g/mol. The number of hydrogen-bond acceptors (Lipinski definition) is 5. The van der Waals surface area contributed by atoms with Crippen molar-refractivity contribution in [3.05, 3.63) is 23.1 Å². The van der Waals surface area contributed by atoms with E-state index in [1.165, 1.54) is 0 Å². The molecule has 0 radical (unpaired) electrons. The molecule has 0 fully saturated rings. The van der Waals surface area contributed by atoms with Gasteiger partial charge in [0.15, 0.2) is 0 Å². The van der Waals surface area contributed by atoms with Crippen LogP contribution in [0.15, 0.2) is 23.1 Å². The fourth-order valence-corrected chi connectivity index (χ4v) is 1.71. The highest BCUT2D eigenvalue weighted by Gasteiger charge is 2.20. The molecule has 6 heteroatoms. The predicted molar refractivity (Wildman–Crippen MR) is 84.8 cm³/mol. The first-order chi connectivity index (χ1) is 10.4. The molecule has 0 aliphatic heterocycles. The minimum absolute atomic E-state index is 0.0598. The van der Waals surface area contributed by atoms with Gasteiger partial charge in [-0.3, -0.25) is 9.63 Å². The first-order valence-corrected chi connectivity index (χ1v) is 7.74. The van der Waals surface area contributed by atoms with Gasteiger partial charge in [-0.05, 0) is 34.6 Å². The van der Waals surface area contributed by atoms with Gasteiger partial charge >= 0.3 is 0 Å². The highest BCUT2D eigenvalue weighted by atomic mass is 16.7. The third-order valence-corrected chi connectivity index (χ3v) is 2.81. The van der Waals surface area contributed by atoms with Crippen LogP contribution in [-0.4, -0.2) is 37.9 Å². The highest BCUT2D eigenvalue weighted by Crippen LogP contribution is 2.26. The summed E-state index contributed by atoms with van der Waals surface area (Å²) in [5.74, 6) is 0.784. The second-order valence-corrected chi connectivity index (χ2v) is 5.75. The van der Waals surface area contributed by atoms with Crippen LogP contribution in [0.2, 0.25) is 0 Å². The summed E-state index contributed by atoms with van der Waals surface area (Å²) in [7, 11) is 0. The summed E-state index contributed by atoms with van der Waals surface area (Å²) in [6, 6.07) is 0.280. The zero-order valence-electron chi connectivity index (χ0n) is 14.2. The maximum atomic E-state index is 11.8. The van der Waals surface area contributed by atoms with E-state index in [9.17, 15) is 4.79 Å². The molecule has 22 heavy (non-hydrogen) atoms. The van der Waals surface area contributed by atoms with E-state index < -0.39 is 0 Å². The van der Waals surface area contributed by atoms with E-state index in [0.717, 1.165) is 17.0 Å². The lowest BCUT2D eigenvalue weighted by molar-refractivity contribution is -0.121. The van der Waals surface area contributed by atoms with Crippen molar-refractivity contribution in [2.45, 2.75) is 53.2 Å². The Kier molecular flexibility index (Phi) is 8.16. The molecule has 6 nitrogen and oxygen atoms in total. The smallest absolute Gasteiger partial charge is 0.226 e. The molecule has 1 aliphatic carbocycles. The lowest BCUT2D eigenvalue weighted by atomic mass is 10.0. The van der Waals surface area contributed by atoms with Crippen molar-refractivity contribution in [1.82, 2.24) is 10.8 Å². The zero-order valence-corrected chi connectivity index (χ0v) is 14.2. The number of hydroxylamine groups is 1. The average Bonchev–Trinajstić information content (AvgIpc) is 2.44. The van der Waals surface area contributed by atoms with Crippen LogP contribution in [0, 0.1) is 0 Å². The van der Waals surface area contributed by atoms with Crippen molar-refractivity contribution >= 4 is 5.91 Å². The van der Waals surface area contributed by atoms with Crippen LogP contribution < -0.4 is 10.8 Å².